The van der Waals surface area contributed by atoms with Crippen molar-refractivity contribution in [2.24, 2.45) is 5.92 Å². The highest BCUT2D eigenvalue weighted by atomic mass is 19.4. The van der Waals surface area contributed by atoms with E-state index in [9.17, 15) is 31.5 Å². The summed E-state index contributed by atoms with van der Waals surface area (Å²) in [5.41, 5.74) is 0.740. The molecule has 1 aliphatic rings. The van der Waals surface area contributed by atoms with Crippen molar-refractivity contribution in [1.82, 2.24) is 15.3 Å². The van der Waals surface area contributed by atoms with Gasteiger partial charge in [-0.15, -0.1) is 0 Å². The largest absolute Gasteiger partial charge is 0.499 e. The number of carbonyl (C=O) groups excluding carboxylic acids is 2. The van der Waals surface area contributed by atoms with Gasteiger partial charge in [0.1, 0.15) is 23.1 Å². The van der Waals surface area contributed by atoms with E-state index in [1.165, 1.54) is 25.1 Å². The van der Waals surface area contributed by atoms with Crippen LogP contribution >= 0.6 is 0 Å². The molecule has 1 heterocycles. The van der Waals surface area contributed by atoms with Crippen LogP contribution in [0.5, 0.6) is 5.75 Å². The van der Waals surface area contributed by atoms with E-state index in [0.29, 0.717) is 5.69 Å². The Hall–Kier alpha value is -3.11. The van der Waals surface area contributed by atoms with E-state index < -0.39 is 30.0 Å². The van der Waals surface area contributed by atoms with Crippen molar-refractivity contribution in [3.63, 3.8) is 0 Å². The first-order valence-electron chi connectivity index (χ1n) is 9.77. The summed E-state index contributed by atoms with van der Waals surface area (Å²) in [6.07, 6.45) is -9.52. The predicted molar refractivity (Wildman–Crippen MR) is 102 cm³/mol. The normalized spacial score (nSPS) is 15.2. The van der Waals surface area contributed by atoms with Gasteiger partial charge in [-0.05, 0) is 50.5 Å². The highest BCUT2D eigenvalue weighted by Crippen LogP contribution is 2.37. The molecule has 2 aromatic rings. The highest BCUT2D eigenvalue weighted by Gasteiger charge is 2.61. The standard InChI is InChI=1S/C21H20F5N3O3/c1-11-8-16(29-18(27-11)10-17(30)13-6-7-13)19(31)28-12(2)14-4-3-5-15(9-14)32-21(25,26)20(22,23)24/h3-5,8-9,12-13H,6-7,10H2,1-2H3,(H,28,31)/t12-/m1/s1. The second-order valence-corrected chi connectivity index (χ2v) is 7.61. The van der Waals surface area contributed by atoms with E-state index >= 15 is 0 Å². The number of benzene rings is 1. The summed E-state index contributed by atoms with van der Waals surface area (Å²) >= 11 is 0. The van der Waals surface area contributed by atoms with Crippen LogP contribution in [0.15, 0.2) is 30.3 Å². The maximum absolute atomic E-state index is 13.1. The van der Waals surface area contributed by atoms with Gasteiger partial charge in [0.25, 0.3) is 5.91 Å². The second kappa shape index (κ2) is 8.79. The number of halogens is 5. The van der Waals surface area contributed by atoms with Crippen LogP contribution in [0, 0.1) is 12.8 Å². The summed E-state index contributed by atoms with van der Waals surface area (Å²) in [5, 5.41) is 2.60. The van der Waals surface area contributed by atoms with E-state index in [1.807, 2.05) is 0 Å². The molecule has 0 radical (unpaired) electrons. The molecule has 1 aliphatic carbocycles. The molecule has 1 atom stereocenters. The molecule has 1 aromatic heterocycles. The number of ether oxygens (including phenoxy) is 1. The third-order valence-electron chi connectivity index (χ3n) is 4.78. The molecule has 1 aromatic carbocycles. The average Bonchev–Trinajstić information content (AvgIpc) is 3.51. The zero-order chi connectivity index (χ0) is 23.7. The Bertz CT molecular complexity index is 1020. The first kappa shape index (κ1) is 23.6. The lowest BCUT2D eigenvalue weighted by atomic mass is 10.1. The van der Waals surface area contributed by atoms with Crippen molar-refractivity contribution >= 4 is 11.7 Å². The number of nitrogens with one attached hydrogen (secondary N) is 1. The number of aryl methyl sites for hydroxylation is 1. The van der Waals surface area contributed by atoms with Crippen molar-refractivity contribution in [3.05, 3.63) is 53.1 Å². The fourth-order valence-corrected chi connectivity index (χ4v) is 2.94. The number of ketones is 1. The summed E-state index contributed by atoms with van der Waals surface area (Å²) in [7, 11) is 0. The molecule has 6 nitrogen and oxygen atoms in total. The summed E-state index contributed by atoms with van der Waals surface area (Å²) in [4.78, 5) is 32.9. The Morgan fingerprint density at radius 3 is 2.47 bits per heavy atom. The van der Waals surface area contributed by atoms with E-state index in [-0.39, 0.29) is 35.2 Å². The maximum atomic E-state index is 13.1. The first-order valence-corrected chi connectivity index (χ1v) is 9.77. The topological polar surface area (TPSA) is 81.2 Å². The molecule has 0 bridgehead atoms. The number of Topliss-reactive ketones (excluding diaryl/α,β-unsaturated/α-hetero) is 1. The van der Waals surface area contributed by atoms with Gasteiger partial charge in [0, 0.05) is 11.6 Å². The summed E-state index contributed by atoms with van der Waals surface area (Å²) in [6, 6.07) is 5.27. The lowest BCUT2D eigenvalue weighted by Crippen LogP contribution is -2.41. The van der Waals surface area contributed by atoms with Crippen molar-refractivity contribution in [3.8, 4) is 5.75 Å². The van der Waals surface area contributed by atoms with Crippen molar-refractivity contribution in [1.29, 1.82) is 0 Å². The van der Waals surface area contributed by atoms with Crippen molar-refractivity contribution in [2.75, 3.05) is 0 Å². The zero-order valence-electron chi connectivity index (χ0n) is 17.2. The van der Waals surface area contributed by atoms with Crippen LogP contribution in [-0.4, -0.2) is 33.9 Å². The number of carbonyl (C=O) groups is 2. The van der Waals surface area contributed by atoms with Gasteiger partial charge in [-0.25, -0.2) is 9.97 Å². The van der Waals surface area contributed by atoms with Gasteiger partial charge in [-0.2, -0.15) is 22.0 Å². The smallest absolute Gasteiger partial charge is 0.426 e. The van der Waals surface area contributed by atoms with Gasteiger partial charge in [-0.1, -0.05) is 12.1 Å². The number of alkyl halides is 5. The molecule has 0 unspecified atom stereocenters. The Kier molecular flexibility index (Phi) is 6.47. The molecule has 11 heteroatoms. The lowest BCUT2D eigenvalue weighted by Gasteiger charge is -2.21. The molecule has 1 amide bonds. The lowest BCUT2D eigenvalue weighted by molar-refractivity contribution is -0.360. The Balaban J connectivity index is 1.70. The minimum atomic E-state index is -5.87. The number of hydrogen-bond donors (Lipinski definition) is 1. The molecule has 1 fully saturated rings. The van der Waals surface area contributed by atoms with Crippen LogP contribution in [0.4, 0.5) is 22.0 Å². The number of amides is 1. The Labute approximate surface area is 180 Å². The van der Waals surface area contributed by atoms with Crippen molar-refractivity contribution < 1.29 is 36.3 Å². The molecule has 1 N–H and O–H groups in total. The Morgan fingerprint density at radius 1 is 1.16 bits per heavy atom. The Morgan fingerprint density at radius 2 is 1.84 bits per heavy atom. The molecule has 3 rings (SSSR count). The van der Waals surface area contributed by atoms with Crippen LogP contribution in [0.3, 0.4) is 0 Å². The van der Waals surface area contributed by atoms with Crippen LogP contribution in [0.1, 0.15) is 53.4 Å². The quantitative estimate of drug-likeness (QED) is 0.597. The van der Waals surface area contributed by atoms with E-state index in [2.05, 4.69) is 20.0 Å². The molecular formula is C21H20F5N3O3. The summed E-state index contributed by atoms with van der Waals surface area (Å²) in [5.74, 6) is -1.05. The number of rotatable bonds is 8. The summed E-state index contributed by atoms with van der Waals surface area (Å²) in [6.45, 7) is 3.17. The monoisotopic (exact) mass is 457 g/mol. The van der Waals surface area contributed by atoms with Gasteiger partial charge in [-0.3, -0.25) is 9.59 Å². The second-order valence-electron chi connectivity index (χ2n) is 7.61. The molecule has 0 spiro atoms. The van der Waals surface area contributed by atoms with Gasteiger partial charge >= 0.3 is 12.3 Å². The molecule has 1 saturated carbocycles. The number of hydrogen-bond acceptors (Lipinski definition) is 5. The first-order chi connectivity index (χ1) is 14.9. The van der Waals surface area contributed by atoms with Crippen LogP contribution < -0.4 is 10.1 Å². The fraction of sp³-hybridized carbons (Fsp3) is 0.429. The van der Waals surface area contributed by atoms with Gasteiger partial charge in [0.05, 0.1) is 12.5 Å². The fourth-order valence-electron chi connectivity index (χ4n) is 2.94. The van der Waals surface area contributed by atoms with E-state index in [4.69, 9.17) is 0 Å². The average molecular weight is 457 g/mol. The SMILES string of the molecule is Cc1cc(C(=O)N[C@H](C)c2cccc(OC(F)(F)C(F)(F)F)c2)nc(CC(=O)C2CC2)n1. The van der Waals surface area contributed by atoms with E-state index in [0.717, 1.165) is 25.0 Å². The minimum Gasteiger partial charge on any atom is -0.426 e. The van der Waals surface area contributed by atoms with Gasteiger partial charge in [0.15, 0.2) is 0 Å². The third-order valence-corrected chi connectivity index (χ3v) is 4.78. The minimum absolute atomic E-state index is 0.0129. The van der Waals surface area contributed by atoms with Crippen LogP contribution in [0.25, 0.3) is 0 Å². The third kappa shape index (κ3) is 5.77. The summed E-state index contributed by atoms with van der Waals surface area (Å²) < 4.78 is 67.2. The highest BCUT2D eigenvalue weighted by molar-refractivity contribution is 5.93. The maximum Gasteiger partial charge on any atom is 0.499 e. The molecular weight excluding hydrogens is 437 g/mol. The van der Waals surface area contributed by atoms with Gasteiger partial charge in [0.2, 0.25) is 0 Å². The van der Waals surface area contributed by atoms with Gasteiger partial charge < -0.3 is 10.1 Å². The van der Waals surface area contributed by atoms with Crippen molar-refractivity contribution in [2.45, 2.75) is 51.4 Å². The number of nitrogens with zero attached hydrogens (tertiary/aromatic N) is 2. The molecule has 32 heavy (non-hydrogen) atoms. The van der Waals surface area contributed by atoms with Crippen LogP contribution in [0.2, 0.25) is 0 Å². The molecule has 0 aliphatic heterocycles. The predicted octanol–water partition coefficient (Wildman–Crippen LogP) is 4.33. The zero-order valence-corrected chi connectivity index (χ0v) is 17.2. The molecule has 172 valence electrons. The van der Waals surface area contributed by atoms with E-state index in [1.54, 1.807) is 6.92 Å². The number of aromatic nitrogens is 2. The van der Waals surface area contributed by atoms with Crippen LogP contribution in [-0.2, 0) is 11.2 Å². The molecule has 0 saturated heterocycles.